The summed E-state index contributed by atoms with van der Waals surface area (Å²) in [7, 11) is 0. The molecule has 16 heteroatoms. The molecule has 0 spiro atoms. The van der Waals surface area contributed by atoms with Crippen molar-refractivity contribution < 1.29 is 24.3 Å². The molecule has 1 aromatic carbocycles. The number of guanidine groups is 2. The largest absolute Gasteiger partial charge is 0.480 e. The van der Waals surface area contributed by atoms with Crippen LogP contribution in [0.4, 0.5) is 0 Å². The van der Waals surface area contributed by atoms with Gasteiger partial charge in [0.05, 0.1) is 6.54 Å². The standard InChI is InChI=1S/C25H39N11O5/c26-12-20(37)34-19(11-14-13-33-16-6-2-1-5-15(14)16)22(39)35-17(7-3-9-31-24(27)28)21(38)36-18(23(40)41)8-4-10-32-25(29)30/h1-2,5-6,13,17-19,33H,3-4,7-12,26H2,(H,34,37)(H,35,39)(H,36,38)(H,40,41)(H4,27,28,31)(H4,29,30,32). The van der Waals surface area contributed by atoms with Gasteiger partial charge in [-0.15, -0.1) is 0 Å². The molecular formula is C25H39N11O5. The van der Waals surface area contributed by atoms with E-state index in [1.54, 1.807) is 6.20 Å². The van der Waals surface area contributed by atoms with E-state index in [2.05, 4.69) is 30.9 Å². The number of carboxylic acids is 1. The first-order valence-electron chi connectivity index (χ1n) is 13.0. The van der Waals surface area contributed by atoms with E-state index in [0.29, 0.717) is 6.42 Å². The fraction of sp³-hybridized carbons (Fsp3) is 0.440. The van der Waals surface area contributed by atoms with Crippen LogP contribution >= 0.6 is 0 Å². The summed E-state index contributed by atoms with van der Waals surface area (Å²) < 4.78 is 0. The van der Waals surface area contributed by atoms with Gasteiger partial charge in [0.1, 0.15) is 18.1 Å². The van der Waals surface area contributed by atoms with Crippen LogP contribution in [0.1, 0.15) is 31.2 Å². The molecule has 3 amide bonds. The van der Waals surface area contributed by atoms with Gasteiger partial charge in [0.2, 0.25) is 17.7 Å². The number of aliphatic imine (C=N–C) groups is 2. The Morgan fingerprint density at radius 1 is 0.829 bits per heavy atom. The Kier molecular flexibility index (Phi) is 12.9. The number of carbonyl (C=O) groups is 4. The lowest BCUT2D eigenvalue weighted by Crippen LogP contribution is -2.56. The van der Waals surface area contributed by atoms with Crippen molar-refractivity contribution in [3.05, 3.63) is 36.0 Å². The Morgan fingerprint density at radius 3 is 1.98 bits per heavy atom. The van der Waals surface area contributed by atoms with E-state index < -0.39 is 41.8 Å². The Bertz CT molecular complexity index is 1250. The normalized spacial score (nSPS) is 12.9. The van der Waals surface area contributed by atoms with Gasteiger partial charge in [-0.05, 0) is 37.3 Å². The number of nitrogens with zero attached hydrogens (tertiary/aromatic N) is 2. The second-order valence-corrected chi connectivity index (χ2v) is 9.25. The zero-order valence-electron chi connectivity index (χ0n) is 22.6. The smallest absolute Gasteiger partial charge is 0.326 e. The molecule has 0 saturated heterocycles. The van der Waals surface area contributed by atoms with Crippen molar-refractivity contribution in [2.24, 2.45) is 38.7 Å². The number of carboxylic acid groups (broad SMARTS) is 1. The summed E-state index contributed by atoms with van der Waals surface area (Å²) in [6, 6.07) is 3.97. The maximum Gasteiger partial charge on any atom is 0.326 e. The first kappa shape index (κ1) is 32.4. The summed E-state index contributed by atoms with van der Waals surface area (Å²) in [5.74, 6) is -3.48. The minimum absolute atomic E-state index is 0.0439. The van der Waals surface area contributed by atoms with Gasteiger partial charge in [0.25, 0.3) is 0 Å². The van der Waals surface area contributed by atoms with Gasteiger partial charge < -0.3 is 54.7 Å². The van der Waals surface area contributed by atoms with Crippen molar-refractivity contribution in [1.29, 1.82) is 0 Å². The SMILES string of the molecule is NCC(=O)NC(Cc1c[nH]c2ccccc12)C(=O)NC(CCCN=C(N)N)C(=O)NC(CCCN=C(N)N)C(=O)O. The molecule has 16 nitrogen and oxygen atoms in total. The highest BCUT2D eigenvalue weighted by Gasteiger charge is 2.29. The van der Waals surface area contributed by atoms with Crippen molar-refractivity contribution in [3.63, 3.8) is 0 Å². The third-order valence-corrected chi connectivity index (χ3v) is 6.07. The zero-order valence-corrected chi connectivity index (χ0v) is 22.6. The van der Waals surface area contributed by atoms with Crippen LogP contribution in [0, 0.1) is 0 Å². The molecule has 3 atom stereocenters. The van der Waals surface area contributed by atoms with Crippen LogP contribution in [0.15, 0.2) is 40.4 Å². The number of fused-ring (bicyclic) bond motifs is 1. The van der Waals surface area contributed by atoms with Gasteiger partial charge in [-0.1, -0.05) is 18.2 Å². The van der Waals surface area contributed by atoms with Crippen molar-refractivity contribution in [1.82, 2.24) is 20.9 Å². The van der Waals surface area contributed by atoms with Gasteiger partial charge in [0.15, 0.2) is 11.9 Å². The summed E-state index contributed by atoms with van der Waals surface area (Å²) in [6.45, 7) is 0.00277. The highest BCUT2D eigenvalue weighted by atomic mass is 16.4. The van der Waals surface area contributed by atoms with Crippen LogP contribution < -0.4 is 44.6 Å². The molecule has 0 aliphatic carbocycles. The summed E-state index contributed by atoms with van der Waals surface area (Å²) in [5, 5.41) is 18.2. The number of rotatable bonds is 17. The Balaban J connectivity index is 2.22. The monoisotopic (exact) mass is 573 g/mol. The zero-order chi connectivity index (χ0) is 30.4. The number of aliphatic carboxylic acids is 1. The molecular weight excluding hydrogens is 534 g/mol. The number of nitrogens with two attached hydrogens (primary N) is 5. The van der Waals surface area contributed by atoms with E-state index in [4.69, 9.17) is 28.7 Å². The third-order valence-electron chi connectivity index (χ3n) is 6.07. The van der Waals surface area contributed by atoms with Gasteiger partial charge in [-0.3, -0.25) is 24.4 Å². The molecule has 1 heterocycles. The second-order valence-electron chi connectivity index (χ2n) is 9.25. The first-order chi connectivity index (χ1) is 19.5. The van der Waals surface area contributed by atoms with Crippen LogP contribution in [0.25, 0.3) is 10.9 Å². The van der Waals surface area contributed by atoms with Gasteiger partial charge in [0, 0.05) is 36.6 Å². The Hall–Kier alpha value is -4.86. The van der Waals surface area contributed by atoms with Gasteiger partial charge in [-0.2, -0.15) is 0 Å². The molecule has 0 radical (unpaired) electrons. The number of para-hydroxylation sites is 1. The average Bonchev–Trinajstić information content (AvgIpc) is 3.33. The Morgan fingerprint density at radius 2 is 1.39 bits per heavy atom. The number of hydrogen-bond donors (Lipinski definition) is 10. The maximum atomic E-state index is 13.4. The fourth-order valence-corrected chi connectivity index (χ4v) is 4.06. The van der Waals surface area contributed by atoms with Crippen LogP contribution in [-0.2, 0) is 25.6 Å². The third kappa shape index (κ3) is 11.0. The van der Waals surface area contributed by atoms with Crippen LogP contribution in [-0.4, -0.2) is 83.5 Å². The van der Waals surface area contributed by atoms with Crippen molar-refractivity contribution in [2.45, 2.75) is 50.2 Å². The topological polar surface area (TPSA) is 295 Å². The number of carbonyl (C=O) groups excluding carboxylic acids is 3. The van der Waals surface area contributed by atoms with Crippen LogP contribution in [0.2, 0.25) is 0 Å². The lowest BCUT2D eigenvalue weighted by molar-refractivity contribution is -0.142. The molecule has 0 bridgehead atoms. The van der Waals surface area contributed by atoms with Crippen LogP contribution in [0.3, 0.4) is 0 Å². The lowest BCUT2D eigenvalue weighted by atomic mass is 10.0. The van der Waals surface area contributed by atoms with Gasteiger partial charge >= 0.3 is 5.97 Å². The van der Waals surface area contributed by atoms with E-state index in [9.17, 15) is 24.3 Å². The first-order valence-corrected chi connectivity index (χ1v) is 13.0. The number of benzene rings is 1. The summed E-state index contributed by atoms with van der Waals surface area (Å²) in [5.41, 5.74) is 28.4. The van der Waals surface area contributed by atoms with Gasteiger partial charge in [-0.25, -0.2) is 4.79 Å². The molecule has 2 rings (SSSR count). The number of aromatic nitrogens is 1. The predicted molar refractivity (Wildman–Crippen MR) is 154 cm³/mol. The van der Waals surface area contributed by atoms with E-state index in [0.717, 1.165) is 16.5 Å². The van der Waals surface area contributed by atoms with Crippen molar-refractivity contribution in [3.8, 4) is 0 Å². The molecule has 2 aromatic rings. The highest BCUT2D eigenvalue weighted by Crippen LogP contribution is 2.19. The lowest BCUT2D eigenvalue weighted by Gasteiger charge is -2.24. The summed E-state index contributed by atoms with van der Waals surface area (Å²) in [4.78, 5) is 61.4. The average molecular weight is 574 g/mol. The molecule has 224 valence electrons. The molecule has 3 unspecified atom stereocenters. The van der Waals surface area contributed by atoms with Crippen molar-refractivity contribution >= 4 is 46.5 Å². The molecule has 0 fully saturated rings. The Labute approximate surface area is 236 Å². The van der Waals surface area contributed by atoms with Crippen LogP contribution in [0.5, 0.6) is 0 Å². The molecule has 15 N–H and O–H groups in total. The predicted octanol–water partition coefficient (Wildman–Crippen LogP) is -2.68. The number of aromatic amines is 1. The molecule has 0 aliphatic rings. The van der Waals surface area contributed by atoms with E-state index in [1.165, 1.54) is 0 Å². The maximum absolute atomic E-state index is 13.4. The van der Waals surface area contributed by atoms with Crippen molar-refractivity contribution in [2.75, 3.05) is 19.6 Å². The minimum Gasteiger partial charge on any atom is -0.480 e. The minimum atomic E-state index is -1.26. The number of hydrogen-bond acceptors (Lipinski definition) is 7. The molecule has 0 saturated carbocycles. The molecule has 41 heavy (non-hydrogen) atoms. The number of amides is 3. The number of H-pyrrole nitrogens is 1. The van der Waals surface area contributed by atoms with E-state index in [-0.39, 0.29) is 57.2 Å². The highest BCUT2D eigenvalue weighted by molar-refractivity contribution is 5.94. The fourth-order valence-electron chi connectivity index (χ4n) is 4.06. The second kappa shape index (κ2) is 16.3. The number of nitrogens with one attached hydrogen (secondary N) is 4. The quantitative estimate of drug-likeness (QED) is 0.0531. The summed E-state index contributed by atoms with van der Waals surface area (Å²) in [6.07, 6.45) is 2.54. The van der Waals surface area contributed by atoms with E-state index >= 15 is 0 Å². The van der Waals surface area contributed by atoms with E-state index in [1.807, 2.05) is 24.3 Å². The summed E-state index contributed by atoms with van der Waals surface area (Å²) >= 11 is 0. The molecule has 1 aromatic heterocycles. The molecule has 0 aliphatic heterocycles.